The Hall–Kier alpha value is -2.34. The Bertz CT molecular complexity index is 737. The second kappa shape index (κ2) is 7.97. The molecule has 1 unspecified atom stereocenters. The van der Waals surface area contributed by atoms with Crippen LogP contribution in [0.5, 0.6) is 0 Å². The molecule has 1 aromatic carbocycles. The topological polar surface area (TPSA) is 90.1 Å². The number of anilines is 2. The molecule has 0 aliphatic heterocycles. The molecule has 3 N–H and O–H groups in total. The number of carbonyl (C=O) groups is 1. The number of hydrogen-bond donors (Lipinski definition) is 2. The highest BCUT2D eigenvalue weighted by atomic mass is 35.5. The molecule has 128 valence electrons. The zero-order valence-corrected chi connectivity index (χ0v) is 14.7. The fourth-order valence-electron chi connectivity index (χ4n) is 2.09. The lowest BCUT2D eigenvalue weighted by Crippen LogP contribution is -2.14. The summed E-state index contributed by atoms with van der Waals surface area (Å²) in [7, 11) is 1.29. The Labute approximate surface area is 146 Å². The molecule has 7 heteroatoms. The van der Waals surface area contributed by atoms with Gasteiger partial charge in [-0.25, -0.2) is 14.8 Å². The molecule has 0 saturated heterocycles. The number of nitrogens with two attached hydrogens (primary N) is 1. The number of rotatable bonds is 6. The lowest BCUT2D eigenvalue weighted by atomic mass is 10.1. The summed E-state index contributed by atoms with van der Waals surface area (Å²) in [4.78, 5) is 20.7. The van der Waals surface area contributed by atoms with Crippen molar-refractivity contribution >= 4 is 29.1 Å². The zero-order chi connectivity index (χ0) is 17.7. The Balaban J connectivity index is 2.37. The van der Waals surface area contributed by atoms with Crippen LogP contribution in [0.1, 0.15) is 48.1 Å². The molecule has 2 rings (SSSR count). The van der Waals surface area contributed by atoms with Crippen LogP contribution in [0.3, 0.4) is 0 Å². The molecule has 1 atom stereocenters. The van der Waals surface area contributed by atoms with Gasteiger partial charge in [0, 0.05) is 18.2 Å². The number of aromatic nitrogens is 2. The van der Waals surface area contributed by atoms with Crippen molar-refractivity contribution in [1.29, 1.82) is 0 Å². The summed E-state index contributed by atoms with van der Waals surface area (Å²) in [5.41, 5.74) is 7.59. The van der Waals surface area contributed by atoms with Gasteiger partial charge < -0.3 is 15.8 Å². The average Bonchev–Trinajstić information content (AvgIpc) is 2.60. The zero-order valence-electron chi connectivity index (χ0n) is 14.0. The second-order valence-corrected chi connectivity index (χ2v) is 5.82. The number of halogens is 1. The summed E-state index contributed by atoms with van der Waals surface area (Å²) in [5.74, 6) is 0.443. The third kappa shape index (κ3) is 3.94. The molecule has 0 bridgehead atoms. The van der Waals surface area contributed by atoms with E-state index in [0.717, 1.165) is 12.0 Å². The molecule has 0 aliphatic carbocycles. The largest absolute Gasteiger partial charge is 0.464 e. The quantitative estimate of drug-likeness (QED) is 0.612. The number of nitrogens with zero attached hydrogens (tertiary/aromatic N) is 2. The summed E-state index contributed by atoms with van der Waals surface area (Å²) in [6.45, 7) is 4.45. The molecule has 1 aromatic heterocycles. The predicted molar refractivity (Wildman–Crippen MR) is 95.3 cm³/mol. The number of hydrogen-bond acceptors (Lipinski definition) is 6. The van der Waals surface area contributed by atoms with E-state index in [2.05, 4.69) is 15.3 Å². The molecule has 6 nitrogen and oxygen atoms in total. The van der Waals surface area contributed by atoms with Gasteiger partial charge in [-0.15, -0.1) is 0 Å². The first-order valence-corrected chi connectivity index (χ1v) is 8.08. The molecule has 0 radical (unpaired) electrons. The van der Waals surface area contributed by atoms with Crippen molar-refractivity contribution in [3.63, 3.8) is 0 Å². The predicted octanol–water partition coefficient (Wildman–Crippen LogP) is 3.62. The van der Waals surface area contributed by atoms with E-state index in [1.54, 1.807) is 0 Å². The average molecular weight is 349 g/mol. The molecular formula is C17H21ClN4O2. The molecule has 1 heterocycles. The SMILES string of the molecule is CCC(C)c1nc(NCc2ccccc2N)c(Cl)c(C(=O)OC)n1. The summed E-state index contributed by atoms with van der Waals surface area (Å²) in [5, 5.41) is 3.28. The number of methoxy groups -OCH3 is 1. The third-order valence-electron chi connectivity index (χ3n) is 3.80. The summed E-state index contributed by atoms with van der Waals surface area (Å²) in [6.07, 6.45) is 0.841. The van der Waals surface area contributed by atoms with Crippen molar-refractivity contribution in [2.24, 2.45) is 0 Å². The van der Waals surface area contributed by atoms with E-state index in [1.165, 1.54) is 7.11 Å². The van der Waals surface area contributed by atoms with E-state index in [0.29, 0.717) is 23.9 Å². The smallest absolute Gasteiger partial charge is 0.358 e. The van der Waals surface area contributed by atoms with Gasteiger partial charge in [0.15, 0.2) is 5.69 Å². The van der Waals surface area contributed by atoms with E-state index in [1.807, 2.05) is 38.1 Å². The van der Waals surface area contributed by atoms with Crippen molar-refractivity contribution in [3.8, 4) is 0 Å². The van der Waals surface area contributed by atoms with Crippen molar-refractivity contribution in [2.45, 2.75) is 32.7 Å². The fraction of sp³-hybridized carbons (Fsp3) is 0.353. The van der Waals surface area contributed by atoms with Crippen molar-refractivity contribution < 1.29 is 9.53 Å². The maximum absolute atomic E-state index is 11.9. The third-order valence-corrected chi connectivity index (χ3v) is 4.16. The van der Waals surface area contributed by atoms with Crippen LogP contribution >= 0.6 is 11.6 Å². The minimum absolute atomic E-state index is 0.0630. The molecule has 0 saturated carbocycles. The molecular weight excluding hydrogens is 328 g/mol. The monoisotopic (exact) mass is 348 g/mol. The Morgan fingerprint density at radius 3 is 2.71 bits per heavy atom. The van der Waals surface area contributed by atoms with E-state index in [-0.39, 0.29) is 16.6 Å². The van der Waals surface area contributed by atoms with Crippen LogP contribution < -0.4 is 11.1 Å². The van der Waals surface area contributed by atoms with Gasteiger partial charge in [0.05, 0.1) is 7.11 Å². The number of esters is 1. The maximum Gasteiger partial charge on any atom is 0.358 e. The number of ether oxygens (including phenoxy) is 1. The van der Waals surface area contributed by atoms with Gasteiger partial charge in [-0.3, -0.25) is 0 Å². The van der Waals surface area contributed by atoms with Gasteiger partial charge >= 0.3 is 5.97 Å². The van der Waals surface area contributed by atoms with Crippen molar-refractivity contribution in [3.05, 3.63) is 46.4 Å². The lowest BCUT2D eigenvalue weighted by molar-refractivity contribution is 0.0593. The number of nitrogens with one attached hydrogen (secondary N) is 1. The first kappa shape index (κ1) is 18.0. The molecule has 24 heavy (non-hydrogen) atoms. The molecule has 0 fully saturated rings. The molecule has 0 amide bonds. The van der Waals surface area contributed by atoms with Crippen LogP contribution in [0.2, 0.25) is 5.02 Å². The van der Waals surface area contributed by atoms with E-state index in [9.17, 15) is 4.79 Å². The number of carbonyl (C=O) groups excluding carboxylic acids is 1. The van der Waals surface area contributed by atoms with Crippen LogP contribution in [-0.2, 0) is 11.3 Å². The van der Waals surface area contributed by atoms with Crippen LogP contribution in [0.25, 0.3) is 0 Å². The van der Waals surface area contributed by atoms with Crippen LogP contribution in [0, 0.1) is 0 Å². The Morgan fingerprint density at radius 2 is 2.08 bits per heavy atom. The number of benzene rings is 1. The summed E-state index contributed by atoms with van der Waals surface area (Å²) < 4.78 is 4.76. The minimum atomic E-state index is -0.589. The normalized spacial score (nSPS) is 11.8. The van der Waals surface area contributed by atoms with Crippen LogP contribution in [-0.4, -0.2) is 23.0 Å². The highest BCUT2D eigenvalue weighted by molar-refractivity contribution is 6.35. The maximum atomic E-state index is 11.9. The van der Waals surface area contributed by atoms with Gasteiger partial charge in [-0.2, -0.15) is 0 Å². The van der Waals surface area contributed by atoms with Crippen LogP contribution in [0.4, 0.5) is 11.5 Å². The molecule has 2 aromatic rings. The van der Waals surface area contributed by atoms with Gasteiger partial charge in [0.2, 0.25) is 0 Å². The van der Waals surface area contributed by atoms with Crippen LogP contribution in [0.15, 0.2) is 24.3 Å². The standard InChI is InChI=1S/C17H21ClN4O2/c1-4-10(2)15-21-14(17(23)24-3)13(18)16(22-15)20-9-11-7-5-6-8-12(11)19/h5-8,10H,4,9,19H2,1-3H3,(H,20,21,22). The van der Waals surface area contributed by atoms with Gasteiger partial charge in [0.1, 0.15) is 16.7 Å². The fourth-order valence-corrected chi connectivity index (χ4v) is 2.32. The minimum Gasteiger partial charge on any atom is -0.464 e. The van der Waals surface area contributed by atoms with Gasteiger partial charge in [0.25, 0.3) is 0 Å². The second-order valence-electron chi connectivity index (χ2n) is 5.45. The van der Waals surface area contributed by atoms with E-state index in [4.69, 9.17) is 22.1 Å². The number of para-hydroxylation sites is 1. The first-order valence-electron chi connectivity index (χ1n) is 7.70. The van der Waals surface area contributed by atoms with Crippen molar-refractivity contribution in [1.82, 2.24) is 9.97 Å². The first-order chi connectivity index (χ1) is 11.5. The van der Waals surface area contributed by atoms with E-state index < -0.39 is 5.97 Å². The molecule has 0 spiro atoms. The molecule has 0 aliphatic rings. The lowest BCUT2D eigenvalue weighted by Gasteiger charge is -2.15. The Kier molecular flexibility index (Phi) is 5.98. The van der Waals surface area contributed by atoms with E-state index >= 15 is 0 Å². The van der Waals surface area contributed by atoms with Gasteiger partial charge in [-0.05, 0) is 18.1 Å². The highest BCUT2D eigenvalue weighted by Gasteiger charge is 2.21. The summed E-state index contributed by atoms with van der Waals surface area (Å²) >= 11 is 6.29. The van der Waals surface area contributed by atoms with Crippen molar-refractivity contribution in [2.75, 3.05) is 18.2 Å². The number of nitrogen functional groups attached to an aromatic ring is 1. The Morgan fingerprint density at radius 1 is 1.38 bits per heavy atom. The summed E-state index contributed by atoms with van der Waals surface area (Å²) in [6, 6.07) is 7.50. The highest BCUT2D eigenvalue weighted by Crippen LogP contribution is 2.27. The van der Waals surface area contributed by atoms with Gasteiger partial charge in [-0.1, -0.05) is 43.6 Å².